The van der Waals surface area contributed by atoms with Crippen LogP contribution in [0.5, 0.6) is 5.75 Å². The second-order valence-corrected chi connectivity index (χ2v) is 56.8. The van der Waals surface area contributed by atoms with E-state index < -0.39 is 76.0 Å². The number of carbonyl (C=O) groups is 7. The van der Waals surface area contributed by atoms with E-state index in [4.69, 9.17) is 0 Å². The summed E-state index contributed by atoms with van der Waals surface area (Å²) in [5, 5.41) is 116. The van der Waals surface area contributed by atoms with Crippen LogP contribution in [0.1, 0.15) is 410 Å². The molecule has 0 heterocycles. The number of halogens is 1. The Kier molecular flexibility index (Phi) is 29.7. The summed E-state index contributed by atoms with van der Waals surface area (Å²) in [7, 11) is 0. The van der Waals surface area contributed by atoms with Gasteiger partial charge in [-0.15, -0.1) is 0 Å². The van der Waals surface area contributed by atoms with E-state index in [1.54, 1.807) is 26.0 Å². The normalized spacial score (nSPS) is 49.3. The van der Waals surface area contributed by atoms with Crippen molar-refractivity contribution in [2.75, 3.05) is 13.2 Å². The number of aryl methyl sites for hydroxylation is 1. The Morgan fingerprint density at radius 3 is 1.45 bits per heavy atom. The molecule has 18 nitrogen and oxygen atoms in total. The highest BCUT2D eigenvalue weighted by atomic mass is 19.1. The van der Waals surface area contributed by atoms with Gasteiger partial charge in [-0.3, -0.25) is 33.6 Å². The average Bonchev–Trinajstić information content (AvgIpc) is 1.56. The highest BCUT2D eigenvalue weighted by molar-refractivity contribution is 5.94. The Morgan fingerprint density at radius 1 is 0.404 bits per heavy atom. The quantitative estimate of drug-likeness (QED) is 0.0970. The third kappa shape index (κ3) is 17.2. The van der Waals surface area contributed by atoms with E-state index in [1.807, 2.05) is 38.1 Å². The summed E-state index contributed by atoms with van der Waals surface area (Å²) in [6.07, 6.45) is 50.7. The molecular weight excluding hydrogens is 1830 g/mol. The van der Waals surface area contributed by atoms with Gasteiger partial charge in [-0.25, -0.2) is 4.39 Å². The van der Waals surface area contributed by atoms with Crippen LogP contribution in [0.3, 0.4) is 0 Å². The zero-order chi connectivity index (χ0) is 105. The second-order valence-electron chi connectivity index (χ2n) is 56.8. The van der Waals surface area contributed by atoms with Crippen molar-refractivity contribution in [3.8, 4) is 5.75 Å². The van der Waals surface area contributed by atoms with Crippen LogP contribution in [-0.2, 0) is 40.0 Å². The lowest BCUT2D eigenvalue weighted by Gasteiger charge is -2.63. The third-order valence-electron chi connectivity index (χ3n) is 50.7. The molecule has 23 aliphatic carbocycles. The molecule has 40 atom stereocenters. The number of carbonyl (C=O) groups excluding carboxylic acids is 7. The number of ketones is 7. The van der Waals surface area contributed by atoms with Crippen LogP contribution >= 0.6 is 0 Å². The van der Waals surface area contributed by atoms with Gasteiger partial charge in [0.2, 0.25) is 0 Å². The summed E-state index contributed by atoms with van der Waals surface area (Å²) in [5.74, 6) is 11.3. The first-order valence-corrected chi connectivity index (χ1v) is 59.3. The van der Waals surface area contributed by atoms with Crippen molar-refractivity contribution in [1.29, 1.82) is 0 Å². The molecule has 1 aromatic rings. The Balaban J connectivity index is 0.000000111. The number of fused-ring (bicyclic) bond motifs is 30. The number of Topliss-reactive ketones (excluding diaryl/α,β-unsaturated/α-hetero) is 3. The number of aliphatic hydroxyl groups excluding tert-OH is 8. The molecule has 24 rings (SSSR count). The van der Waals surface area contributed by atoms with Crippen molar-refractivity contribution in [2.45, 2.75) is 459 Å². The first kappa shape index (κ1) is 109. The maximum atomic E-state index is 16.8. The van der Waals surface area contributed by atoms with Gasteiger partial charge >= 0.3 is 0 Å². The molecule has 40 unspecified atom stereocenters. The SMILES string of the molecule is CC(=O)C1CCC2C3CCC4=CC(=O)CCC4(C)C3CCC12C.CC(C)CCCC(C)C1CCC2C3CC=C4CC(O)CCC4(C)C3C(O)CC12C.CC12CCC(=O)C=C1CCC1C2C(O)CC2(C)C1CCC2(O)C(=O)CO.CC12CCC(=O)C=C1CCC1C2CCC2(C)C(O)CCC12.CC12CCC(=O)C=C1CCC1C3CCC(O)(C(=O)CO)C3(C)CC(O)C12F.CC12CCC3c4ccc(O)cc4CCC3C1CCC2O. The summed E-state index contributed by atoms with van der Waals surface area (Å²) < 4.78 is 16.8. The molecule has 0 bridgehead atoms. The summed E-state index contributed by atoms with van der Waals surface area (Å²) in [4.78, 5) is 84.3. The van der Waals surface area contributed by atoms with Gasteiger partial charge in [0, 0.05) is 53.8 Å². The summed E-state index contributed by atoms with van der Waals surface area (Å²) in [6, 6.07) is 5.96. The molecule has 0 amide bonds. The second kappa shape index (κ2) is 39.7. The van der Waals surface area contributed by atoms with E-state index in [1.165, 1.54) is 136 Å². The highest BCUT2D eigenvalue weighted by Gasteiger charge is 2.76. The lowest BCUT2D eigenvalue weighted by molar-refractivity contribution is -0.226. The standard InChI is InChI=1S/C27H46O2.C21H29FO5.C21H30O5.C21H30O2.C19H28O2.C18H24O2/c1-17(2)7-6-8-18(3)22-11-12-23-21-10-9-19-15-20(28)13-14-26(19,4)25(21)24(29)16-27(22,23)5;1-18-7-5-13(24)9-12(18)3-4-15-14-6-8-20(27,17(26)11-23)19(14,2)10-16(25)21(15,18)22;1-19-7-5-13(23)9-12(19)3-4-14-15-6-8-21(26,17(25)11-22)20(15,2)10-16(24)18(14)19;1-13(22)17-6-7-18-16-5-4-14-12-15(23)8-10-20(14,2)19(16)9-11-21(17,18)3;1-18-9-7-13(20)11-12(18)3-4-14-15-5-6-17(21)19(15,2)10-8-16(14)18;1-18-9-8-14-13-5-3-12(19)10-11(13)2-4-15(14)16(18)6-7-17(18)20/h9,17-18,20-25,28-29H,6-8,10-16H2,1-5H3;9,14-16,23,25,27H,3-8,10-11H2,1-2H3;9,14-16,18,22,24,26H,3-8,10-11H2,1-2H3;12,16-19H,4-11H2,1-3H3;11,14-17,21H,3-10H2,1-2H3;3,5,10,14-17,19-20H,2,4,6-9H2,1H3. The molecule has 11 N–H and O–H groups in total. The van der Waals surface area contributed by atoms with Crippen molar-refractivity contribution in [2.24, 2.45) is 178 Å². The molecule has 17 saturated carbocycles. The number of phenolic OH excluding ortho intramolecular Hbond substituents is 1. The zero-order valence-corrected chi connectivity index (χ0v) is 91.8. The topological polar surface area (TPSA) is 342 Å². The van der Waals surface area contributed by atoms with Gasteiger partial charge in [0.25, 0.3) is 0 Å². The summed E-state index contributed by atoms with van der Waals surface area (Å²) in [5.41, 5.74) is 2.80. The Hall–Kier alpha value is -5.06. The van der Waals surface area contributed by atoms with Gasteiger partial charge < -0.3 is 56.2 Å². The monoisotopic (exact) mass is 2020 g/mol. The van der Waals surface area contributed by atoms with Gasteiger partial charge in [0.05, 0.1) is 36.6 Å². The number of alkyl halides is 1. The van der Waals surface area contributed by atoms with E-state index >= 15 is 4.39 Å². The number of rotatable bonds is 10. The maximum Gasteiger partial charge on any atom is 0.190 e. The molecule has 0 radical (unpaired) electrons. The van der Waals surface area contributed by atoms with Gasteiger partial charge in [0.15, 0.2) is 34.7 Å². The fourth-order valence-electron chi connectivity index (χ4n) is 42.5. The van der Waals surface area contributed by atoms with E-state index in [0.29, 0.717) is 109 Å². The minimum Gasteiger partial charge on any atom is -0.508 e. The van der Waals surface area contributed by atoms with Crippen LogP contribution in [0, 0.1) is 178 Å². The molecule has 23 aliphatic rings. The number of aliphatic hydroxyl groups is 10. The Morgan fingerprint density at radius 2 is 0.870 bits per heavy atom. The van der Waals surface area contributed by atoms with Crippen LogP contribution in [0.4, 0.5) is 4.39 Å². The molecule has 146 heavy (non-hydrogen) atoms. The first-order chi connectivity index (χ1) is 68.8. The van der Waals surface area contributed by atoms with Crippen LogP contribution in [0.2, 0.25) is 0 Å². The molecule has 1 aromatic carbocycles. The van der Waals surface area contributed by atoms with Crippen molar-refractivity contribution < 1.29 is 94.1 Å². The van der Waals surface area contributed by atoms with Crippen LogP contribution < -0.4 is 0 Å². The summed E-state index contributed by atoms with van der Waals surface area (Å²) >= 11 is 0. The van der Waals surface area contributed by atoms with Crippen LogP contribution in [-0.4, -0.2) is 163 Å². The van der Waals surface area contributed by atoms with Gasteiger partial charge in [-0.05, 0) is 461 Å². The average molecular weight is 2020 g/mol. The first-order valence-electron chi connectivity index (χ1n) is 59.3. The number of hydrogen-bond acceptors (Lipinski definition) is 18. The van der Waals surface area contributed by atoms with E-state index in [2.05, 4.69) is 88.3 Å². The van der Waals surface area contributed by atoms with Gasteiger partial charge in [0.1, 0.15) is 41.6 Å². The number of phenols is 1. The number of aromatic hydroxyl groups is 1. The molecule has 0 aromatic heterocycles. The Bertz CT molecular complexity index is 5330. The van der Waals surface area contributed by atoms with Gasteiger partial charge in [-0.2, -0.15) is 0 Å². The van der Waals surface area contributed by atoms with E-state index in [9.17, 15) is 89.7 Å². The predicted molar refractivity (Wildman–Crippen MR) is 563 cm³/mol. The lowest BCUT2D eigenvalue weighted by atomic mass is 9.44. The van der Waals surface area contributed by atoms with Crippen molar-refractivity contribution in [3.05, 3.63) is 87.6 Å². The molecule has 19 heteroatoms. The molecule has 810 valence electrons. The number of allylic oxidation sites excluding steroid dienone is 5. The van der Waals surface area contributed by atoms with Gasteiger partial charge in [-0.1, -0.05) is 156 Å². The zero-order valence-electron chi connectivity index (χ0n) is 91.8. The number of hydrogen-bond donors (Lipinski definition) is 11. The molecule has 17 fully saturated rings. The number of benzene rings is 1. The molecule has 0 spiro atoms. The molecule has 0 aliphatic heterocycles. The minimum absolute atomic E-state index is 0.0171. The predicted octanol–water partition coefficient (Wildman–Crippen LogP) is 22.2. The fraction of sp³-hybridized carbons (Fsp3) is 0.819. The fourth-order valence-corrected chi connectivity index (χ4v) is 42.5. The third-order valence-corrected chi connectivity index (χ3v) is 50.7. The minimum atomic E-state index is -1.88. The van der Waals surface area contributed by atoms with Crippen molar-refractivity contribution in [1.82, 2.24) is 0 Å². The van der Waals surface area contributed by atoms with E-state index in [0.717, 1.165) is 193 Å². The largest absolute Gasteiger partial charge is 0.508 e. The van der Waals surface area contributed by atoms with Crippen LogP contribution in [0.25, 0.3) is 0 Å². The maximum absolute atomic E-state index is 16.8. The molecular formula is C127H187FO18. The highest BCUT2D eigenvalue weighted by Crippen LogP contribution is 2.76. The molecule has 0 saturated heterocycles. The Labute approximate surface area is 872 Å². The lowest BCUT2D eigenvalue weighted by Crippen LogP contribution is -2.69. The van der Waals surface area contributed by atoms with Crippen molar-refractivity contribution in [3.63, 3.8) is 0 Å². The van der Waals surface area contributed by atoms with E-state index in [-0.39, 0.29) is 117 Å². The smallest absolute Gasteiger partial charge is 0.190 e. The van der Waals surface area contributed by atoms with Crippen molar-refractivity contribution >= 4 is 40.5 Å². The van der Waals surface area contributed by atoms with Crippen LogP contribution in [0.15, 0.2) is 76.4 Å². The summed E-state index contributed by atoms with van der Waals surface area (Å²) in [6.45, 7) is 32.1.